The van der Waals surface area contributed by atoms with Crippen LogP contribution in [0.2, 0.25) is 5.02 Å². The van der Waals surface area contributed by atoms with E-state index < -0.39 is 11.7 Å². The molecule has 10 heteroatoms. The molecule has 1 aliphatic rings. The third-order valence-electron chi connectivity index (χ3n) is 5.95. The SMILES string of the molecule is NC(=O)c1nn(CCN(CC(=O)NCc2cccc(Cl)c2F)C2CC(O)C2)c2ccccc12. The predicted molar refractivity (Wildman–Crippen MR) is 122 cm³/mol. The van der Waals surface area contributed by atoms with E-state index in [1.165, 1.54) is 6.07 Å². The molecule has 4 rings (SSSR count). The number of rotatable bonds is 9. The Bertz CT molecular complexity index is 1180. The lowest BCUT2D eigenvalue weighted by Crippen LogP contribution is -2.51. The molecule has 0 atom stereocenters. The van der Waals surface area contributed by atoms with Crippen LogP contribution in [0.15, 0.2) is 42.5 Å². The summed E-state index contributed by atoms with van der Waals surface area (Å²) in [5.41, 5.74) is 6.76. The minimum absolute atomic E-state index is 0.00797. The van der Waals surface area contributed by atoms with Crippen LogP contribution < -0.4 is 11.1 Å². The van der Waals surface area contributed by atoms with Crippen LogP contribution in [0.5, 0.6) is 0 Å². The van der Waals surface area contributed by atoms with Crippen molar-refractivity contribution in [3.05, 3.63) is 64.6 Å². The third-order valence-corrected chi connectivity index (χ3v) is 6.24. The van der Waals surface area contributed by atoms with Crippen LogP contribution in [0.3, 0.4) is 0 Å². The highest BCUT2D eigenvalue weighted by molar-refractivity contribution is 6.30. The average Bonchev–Trinajstić information content (AvgIpc) is 3.15. The fourth-order valence-corrected chi connectivity index (χ4v) is 4.26. The summed E-state index contributed by atoms with van der Waals surface area (Å²) in [6.07, 6.45) is 0.763. The number of aliphatic hydroxyl groups is 1. The van der Waals surface area contributed by atoms with Gasteiger partial charge in [0.1, 0.15) is 5.82 Å². The number of aromatic nitrogens is 2. The van der Waals surface area contributed by atoms with E-state index in [4.69, 9.17) is 17.3 Å². The second-order valence-corrected chi connectivity index (χ2v) is 8.60. The molecule has 0 aliphatic heterocycles. The van der Waals surface area contributed by atoms with Gasteiger partial charge in [0.2, 0.25) is 5.91 Å². The zero-order valence-electron chi connectivity index (χ0n) is 17.9. The molecule has 1 heterocycles. The summed E-state index contributed by atoms with van der Waals surface area (Å²) in [4.78, 5) is 26.3. The summed E-state index contributed by atoms with van der Waals surface area (Å²) < 4.78 is 15.8. The van der Waals surface area contributed by atoms with Crippen molar-refractivity contribution in [3.8, 4) is 0 Å². The molecule has 1 fully saturated rings. The van der Waals surface area contributed by atoms with E-state index in [2.05, 4.69) is 10.4 Å². The molecular formula is C23H25ClFN5O3. The minimum atomic E-state index is -0.600. The number of hydrogen-bond donors (Lipinski definition) is 3. The van der Waals surface area contributed by atoms with Crippen LogP contribution in [0, 0.1) is 5.82 Å². The molecule has 4 N–H and O–H groups in total. The Morgan fingerprint density at radius 3 is 2.73 bits per heavy atom. The van der Waals surface area contributed by atoms with Gasteiger partial charge in [0, 0.05) is 30.1 Å². The van der Waals surface area contributed by atoms with Gasteiger partial charge >= 0.3 is 0 Å². The first-order chi connectivity index (χ1) is 15.8. The van der Waals surface area contributed by atoms with Crippen LogP contribution in [-0.2, 0) is 17.9 Å². The van der Waals surface area contributed by atoms with E-state index >= 15 is 0 Å². The van der Waals surface area contributed by atoms with E-state index in [0.29, 0.717) is 36.9 Å². The lowest BCUT2D eigenvalue weighted by molar-refractivity contribution is -0.124. The van der Waals surface area contributed by atoms with Crippen LogP contribution >= 0.6 is 11.6 Å². The van der Waals surface area contributed by atoms with Crippen LogP contribution in [-0.4, -0.2) is 56.8 Å². The molecule has 1 aromatic heterocycles. The van der Waals surface area contributed by atoms with E-state index in [-0.39, 0.29) is 41.9 Å². The molecule has 0 radical (unpaired) electrons. The van der Waals surface area contributed by atoms with E-state index in [1.807, 2.05) is 23.1 Å². The van der Waals surface area contributed by atoms with Gasteiger partial charge in [0.05, 0.1) is 29.7 Å². The summed E-state index contributed by atoms with van der Waals surface area (Å²) in [5, 5.41) is 17.5. The third kappa shape index (κ3) is 5.16. The number of benzene rings is 2. The number of carbonyl (C=O) groups is 2. The van der Waals surface area contributed by atoms with Gasteiger partial charge in [-0.05, 0) is 25.0 Å². The highest BCUT2D eigenvalue weighted by Crippen LogP contribution is 2.26. The molecule has 3 aromatic rings. The fourth-order valence-electron chi connectivity index (χ4n) is 4.07. The molecule has 1 aliphatic carbocycles. The van der Waals surface area contributed by atoms with Gasteiger partial charge in [-0.15, -0.1) is 0 Å². The maximum Gasteiger partial charge on any atom is 0.269 e. The van der Waals surface area contributed by atoms with Crippen molar-refractivity contribution in [3.63, 3.8) is 0 Å². The summed E-state index contributed by atoms with van der Waals surface area (Å²) in [7, 11) is 0. The molecule has 0 spiro atoms. The standard InChI is InChI=1S/C23H25ClFN5O3/c24-18-6-3-4-14(21(18)25)12-27-20(32)13-29(15-10-16(31)11-15)8-9-30-19-7-2-1-5-17(19)22(28-30)23(26)33/h1-7,15-16,31H,8-13H2,(H2,26,33)(H,27,32). The maximum atomic E-state index is 14.1. The number of amides is 2. The molecular weight excluding hydrogens is 449 g/mol. The van der Waals surface area contributed by atoms with Gasteiger partial charge in [-0.2, -0.15) is 5.10 Å². The zero-order chi connectivity index (χ0) is 23.5. The number of nitrogens with zero attached hydrogens (tertiary/aromatic N) is 3. The molecule has 174 valence electrons. The maximum absolute atomic E-state index is 14.1. The summed E-state index contributed by atoms with van der Waals surface area (Å²) in [6.45, 7) is 1.01. The second kappa shape index (κ2) is 9.86. The van der Waals surface area contributed by atoms with Crippen molar-refractivity contribution in [1.29, 1.82) is 0 Å². The predicted octanol–water partition coefficient (Wildman–Crippen LogP) is 2.07. The largest absolute Gasteiger partial charge is 0.393 e. The number of hydrogen-bond acceptors (Lipinski definition) is 5. The lowest BCUT2D eigenvalue weighted by atomic mass is 9.88. The van der Waals surface area contributed by atoms with Crippen molar-refractivity contribution >= 4 is 34.3 Å². The second-order valence-electron chi connectivity index (χ2n) is 8.19. The average molecular weight is 474 g/mol. The molecule has 0 bridgehead atoms. The molecule has 2 aromatic carbocycles. The Labute approximate surface area is 195 Å². The quantitative estimate of drug-likeness (QED) is 0.440. The Hall–Kier alpha value is -3.01. The molecule has 2 amide bonds. The van der Waals surface area contributed by atoms with Crippen molar-refractivity contribution in [2.45, 2.75) is 38.1 Å². The van der Waals surface area contributed by atoms with Gasteiger partial charge in [-0.3, -0.25) is 19.2 Å². The number of carbonyl (C=O) groups excluding carboxylic acids is 2. The highest BCUT2D eigenvalue weighted by atomic mass is 35.5. The first kappa shape index (κ1) is 23.2. The molecule has 0 unspecified atom stereocenters. The van der Waals surface area contributed by atoms with E-state index in [0.717, 1.165) is 5.52 Å². The first-order valence-electron chi connectivity index (χ1n) is 10.7. The molecule has 1 saturated carbocycles. The van der Waals surface area contributed by atoms with Crippen molar-refractivity contribution in [1.82, 2.24) is 20.0 Å². The number of para-hydroxylation sites is 1. The summed E-state index contributed by atoms with van der Waals surface area (Å²) in [6, 6.07) is 12.0. The van der Waals surface area contributed by atoms with Crippen molar-refractivity contribution < 1.29 is 19.1 Å². The normalized spacial score (nSPS) is 17.8. The lowest BCUT2D eigenvalue weighted by Gasteiger charge is -2.40. The van der Waals surface area contributed by atoms with Gasteiger partial charge in [0.25, 0.3) is 5.91 Å². The highest BCUT2D eigenvalue weighted by Gasteiger charge is 2.33. The van der Waals surface area contributed by atoms with Gasteiger partial charge < -0.3 is 16.2 Å². The summed E-state index contributed by atoms with van der Waals surface area (Å²) in [5.74, 6) is -1.41. The number of aliphatic hydroxyl groups excluding tert-OH is 1. The van der Waals surface area contributed by atoms with Gasteiger partial charge in [-0.1, -0.05) is 41.9 Å². The van der Waals surface area contributed by atoms with Crippen molar-refractivity contribution in [2.75, 3.05) is 13.1 Å². The zero-order valence-corrected chi connectivity index (χ0v) is 18.6. The number of nitrogens with one attached hydrogen (secondary N) is 1. The topological polar surface area (TPSA) is 113 Å². The molecule has 0 saturated heterocycles. The Morgan fingerprint density at radius 1 is 1.24 bits per heavy atom. The number of nitrogens with two attached hydrogens (primary N) is 1. The van der Waals surface area contributed by atoms with Gasteiger partial charge in [-0.25, -0.2) is 4.39 Å². The Balaban J connectivity index is 1.43. The number of primary amides is 1. The summed E-state index contributed by atoms with van der Waals surface area (Å²) >= 11 is 5.80. The van der Waals surface area contributed by atoms with E-state index in [1.54, 1.807) is 22.9 Å². The molecule has 8 nitrogen and oxygen atoms in total. The minimum Gasteiger partial charge on any atom is -0.393 e. The Morgan fingerprint density at radius 2 is 2.00 bits per heavy atom. The van der Waals surface area contributed by atoms with Crippen LogP contribution in [0.4, 0.5) is 4.39 Å². The number of halogens is 2. The fraction of sp³-hybridized carbons (Fsp3) is 0.348. The monoisotopic (exact) mass is 473 g/mol. The van der Waals surface area contributed by atoms with Gasteiger partial charge in [0.15, 0.2) is 5.69 Å². The van der Waals surface area contributed by atoms with E-state index in [9.17, 15) is 19.1 Å². The van der Waals surface area contributed by atoms with Crippen LogP contribution in [0.25, 0.3) is 10.9 Å². The first-order valence-corrected chi connectivity index (χ1v) is 11.1. The number of fused-ring (bicyclic) bond motifs is 1. The molecule has 33 heavy (non-hydrogen) atoms. The smallest absolute Gasteiger partial charge is 0.269 e. The Kier molecular flexibility index (Phi) is 6.92. The van der Waals surface area contributed by atoms with Crippen LogP contribution in [0.1, 0.15) is 28.9 Å². The van der Waals surface area contributed by atoms with Crippen molar-refractivity contribution in [2.24, 2.45) is 5.73 Å².